The van der Waals surface area contributed by atoms with Crippen molar-refractivity contribution in [2.75, 3.05) is 13.2 Å². The summed E-state index contributed by atoms with van der Waals surface area (Å²) in [7, 11) is -5.17. The van der Waals surface area contributed by atoms with Crippen molar-refractivity contribution in [3.63, 3.8) is 0 Å². The molecule has 0 aliphatic rings. The van der Waals surface area contributed by atoms with Gasteiger partial charge < -0.3 is 13.8 Å². The topological polar surface area (TPSA) is 89.5 Å². The van der Waals surface area contributed by atoms with Crippen LogP contribution in [0.2, 0.25) is 0 Å². The molecule has 0 saturated carbocycles. The molecule has 252 valence electrons. The van der Waals surface area contributed by atoms with Crippen LogP contribution in [0.3, 0.4) is 0 Å². The van der Waals surface area contributed by atoms with E-state index in [1.165, 1.54) is 180 Å². The summed E-state index contributed by atoms with van der Waals surface area (Å²) < 4.78 is 39.9. The second-order valence-electron chi connectivity index (χ2n) is 11.9. The van der Waals surface area contributed by atoms with Crippen molar-refractivity contribution in [3.05, 3.63) is 24.3 Å². The third-order valence-electron chi connectivity index (χ3n) is 7.60. The van der Waals surface area contributed by atoms with Crippen LogP contribution in [0.25, 0.3) is 0 Å². The smallest absolute Gasteiger partial charge is 0.759 e. The van der Waals surface area contributed by atoms with E-state index >= 15 is 0 Å². The zero-order valence-electron chi connectivity index (χ0n) is 28.7. The number of hydrogen-bond donors (Lipinski definition) is 0. The summed E-state index contributed by atoms with van der Waals surface area (Å²) >= 11 is 0. The molecule has 0 aromatic heterocycles. The SMILES string of the molecule is CCCCCCCC/C=C\CCCCCCCCOCCCCCCCC/C=C\CCCCCCCC.O=S(=O)([O-])[O-].[Mg+2]. The van der Waals surface area contributed by atoms with Gasteiger partial charge in [0.15, 0.2) is 0 Å². The van der Waals surface area contributed by atoms with Crippen LogP contribution in [0.1, 0.15) is 194 Å². The number of ether oxygens (including phenoxy) is 1. The van der Waals surface area contributed by atoms with E-state index in [0.29, 0.717) is 0 Å². The zero-order valence-corrected chi connectivity index (χ0v) is 30.9. The Morgan fingerprint density at radius 2 is 0.628 bits per heavy atom. The summed E-state index contributed by atoms with van der Waals surface area (Å²) in [5.74, 6) is 0. The van der Waals surface area contributed by atoms with E-state index in [4.69, 9.17) is 22.3 Å². The molecule has 0 bridgehead atoms. The average Bonchev–Trinajstić information content (AvgIpc) is 2.94. The minimum Gasteiger partial charge on any atom is -0.759 e. The van der Waals surface area contributed by atoms with Gasteiger partial charge in [0.05, 0.1) is 0 Å². The molecule has 0 amide bonds. The normalized spacial score (nSPS) is 11.6. The molecule has 0 aliphatic heterocycles. The molecule has 0 unspecified atom stereocenters. The van der Waals surface area contributed by atoms with Gasteiger partial charge in [0, 0.05) is 23.6 Å². The van der Waals surface area contributed by atoms with E-state index in [0.717, 1.165) is 13.2 Å². The summed E-state index contributed by atoms with van der Waals surface area (Å²) in [6.45, 7) is 6.54. The Morgan fingerprint density at radius 1 is 0.419 bits per heavy atom. The van der Waals surface area contributed by atoms with E-state index in [9.17, 15) is 0 Å². The molecule has 0 saturated heterocycles. The van der Waals surface area contributed by atoms with E-state index in [-0.39, 0.29) is 23.1 Å². The maximum absolute atomic E-state index is 8.52. The summed E-state index contributed by atoms with van der Waals surface area (Å²) in [4.78, 5) is 0. The fraction of sp³-hybridized carbons (Fsp3) is 0.889. The Kier molecular flexibility index (Phi) is 46.5. The standard InChI is InChI=1S/C36H70O.Mg.H2O4S/c1-3-5-7-9-11-13-15-17-19-21-23-25-27-29-31-33-35-37-36-34-32-30-28-26-24-22-20-18-16-14-12-10-8-6-4-2;;1-5(2,3)4/h17-20H,3-16,21-36H2,1-2H3;;(H2,1,2,3,4)/q;+2;/p-2/b19-17-,20-18-;;. The zero-order chi connectivity index (χ0) is 31.2. The minimum atomic E-state index is -5.17. The maximum Gasteiger partial charge on any atom is 2.00 e. The third kappa shape index (κ3) is 58.2. The Bertz CT molecular complexity index is 604. The first-order chi connectivity index (χ1) is 20.4. The fourth-order valence-electron chi connectivity index (χ4n) is 5.01. The van der Waals surface area contributed by atoms with Gasteiger partial charge in [-0.1, -0.05) is 154 Å². The van der Waals surface area contributed by atoms with Crippen molar-refractivity contribution in [3.8, 4) is 0 Å². The summed E-state index contributed by atoms with van der Waals surface area (Å²) in [6, 6.07) is 0. The Labute approximate surface area is 285 Å². The molecule has 0 aliphatic carbocycles. The van der Waals surface area contributed by atoms with Crippen LogP contribution in [-0.4, -0.2) is 53.8 Å². The maximum atomic E-state index is 8.52. The second kappa shape index (κ2) is 42.1. The molecule has 0 radical (unpaired) electrons. The van der Waals surface area contributed by atoms with Gasteiger partial charge in [-0.2, -0.15) is 0 Å². The van der Waals surface area contributed by atoms with Crippen molar-refractivity contribution in [1.29, 1.82) is 0 Å². The van der Waals surface area contributed by atoms with Crippen LogP contribution in [0, 0.1) is 0 Å². The monoisotopic (exact) mass is 638 g/mol. The molecule has 0 fully saturated rings. The van der Waals surface area contributed by atoms with Gasteiger partial charge in [0.1, 0.15) is 0 Å². The fourth-order valence-corrected chi connectivity index (χ4v) is 5.01. The van der Waals surface area contributed by atoms with Crippen molar-refractivity contribution in [2.45, 2.75) is 194 Å². The second-order valence-corrected chi connectivity index (χ2v) is 12.7. The first kappa shape index (κ1) is 47.5. The van der Waals surface area contributed by atoms with E-state index in [1.807, 2.05) is 0 Å². The molecule has 0 spiro atoms. The van der Waals surface area contributed by atoms with Gasteiger partial charge in [-0.05, 0) is 64.2 Å². The predicted molar refractivity (Wildman–Crippen MR) is 186 cm³/mol. The predicted octanol–water partition coefficient (Wildman–Crippen LogP) is 11.4. The number of unbranched alkanes of at least 4 members (excludes halogenated alkanes) is 24. The number of hydrogen-bond acceptors (Lipinski definition) is 5. The first-order valence-corrected chi connectivity index (χ1v) is 19.3. The van der Waals surface area contributed by atoms with Gasteiger partial charge in [0.25, 0.3) is 0 Å². The minimum absolute atomic E-state index is 0. The molecular weight excluding hydrogens is 569 g/mol. The van der Waals surface area contributed by atoms with E-state index in [2.05, 4.69) is 38.2 Å². The van der Waals surface area contributed by atoms with Crippen LogP contribution in [-0.2, 0) is 15.1 Å². The van der Waals surface area contributed by atoms with Crippen LogP contribution in [0.5, 0.6) is 0 Å². The van der Waals surface area contributed by atoms with Gasteiger partial charge in [-0.25, -0.2) is 0 Å². The van der Waals surface area contributed by atoms with Crippen LogP contribution in [0.15, 0.2) is 24.3 Å². The number of allylic oxidation sites excluding steroid dienone is 4. The van der Waals surface area contributed by atoms with Crippen molar-refractivity contribution in [1.82, 2.24) is 0 Å². The van der Waals surface area contributed by atoms with E-state index in [1.54, 1.807) is 0 Å². The quantitative estimate of drug-likeness (QED) is 0.0240. The molecule has 7 heteroatoms. The van der Waals surface area contributed by atoms with Gasteiger partial charge in [-0.15, -0.1) is 0 Å². The Morgan fingerprint density at radius 3 is 0.884 bits per heavy atom. The molecule has 0 N–H and O–H groups in total. The molecular formula is C36H70MgO5S. The largest absolute Gasteiger partial charge is 2.00 e. The average molecular weight is 639 g/mol. The molecule has 0 atom stereocenters. The molecule has 0 aromatic rings. The van der Waals surface area contributed by atoms with Gasteiger partial charge >= 0.3 is 23.1 Å². The van der Waals surface area contributed by atoms with Gasteiger partial charge in [-0.3, -0.25) is 8.42 Å². The van der Waals surface area contributed by atoms with Crippen LogP contribution < -0.4 is 0 Å². The van der Waals surface area contributed by atoms with Crippen molar-refractivity contribution in [2.24, 2.45) is 0 Å². The summed E-state index contributed by atoms with van der Waals surface area (Å²) in [5, 5.41) is 0. The Balaban J connectivity index is -0.00000244. The third-order valence-corrected chi connectivity index (χ3v) is 7.60. The van der Waals surface area contributed by atoms with Crippen LogP contribution >= 0.6 is 0 Å². The molecule has 43 heavy (non-hydrogen) atoms. The number of rotatable bonds is 32. The molecule has 5 nitrogen and oxygen atoms in total. The van der Waals surface area contributed by atoms with Crippen molar-refractivity contribution >= 4 is 33.5 Å². The summed E-state index contributed by atoms with van der Waals surface area (Å²) in [5.41, 5.74) is 0. The summed E-state index contributed by atoms with van der Waals surface area (Å²) in [6.07, 6.45) is 48.1. The Hall–Kier alpha value is 0.0762. The van der Waals surface area contributed by atoms with Crippen molar-refractivity contribution < 1.29 is 22.3 Å². The molecule has 0 heterocycles. The first-order valence-electron chi connectivity index (χ1n) is 18.0. The van der Waals surface area contributed by atoms with Crippen LogP contribution in [0.4, 0.5) is 0 Å². The van der Waals surface area contributed by atoms with E-state index < -0.39 is 10.4 Å². The molecule has 0 aromatic carbocycles. The van der Waals surface area contributed by atoms with Gasteiger partial charge in [0.2, 0.25) is 0 Å². The molecule has 0 rings (SSSR count).